The third-order valence-corrected chi connectivity index (χ3v) is 9.16. The standard InChI is InChI=1S/C26H27FN4O2S2/c1-29(35(32,33)25-13-7-4-10-22(25)27)23-11-5-2-8-20(23)14-15-30-16-18-31(19-17-30)26-21-9-3-6-12-24(21)34-28-26/h2-13H,14-19H2,1H3. The van der Waals surface area contributed by atoms with Crippen molar-refractivity contribution in [3.8, 4) is 0 Å². The Kier molecular flexibility index (Phi) is 6.73. The van der Waals surface area contributed by atoms with Gasteiger partial charge in [-0.2, -0.15) is 4.37 Å². The van der Waals surface area contributed by atoms with E-state index >= 15 is 0 Å². The fourth-order valence-electron chi connectivity index (χ4n) is 4.52. The molecule has 182 valence electrons. The summed E-state index contributed by atoms with van der Waals surface area (Å²) in [5.41, 5.74) is 1.49. The van der Waals surface area contributed by atoms with Crippen LogP contribution in [0, 0.1) is 5.82 Å². The molecule has 1 fully saturated rings. The molecule has 0 unspecified atom stereocenters. The number of piperazine rings is 1. The third-order valence-electron chi connectivity index (χ3n) is 6.53. The van der Waals surface area contributed by atoms with Crippen molar-refractivity contribution in [2.45, 2.75) is 11.3 Å². The summed E-state index contributed by atoms with van der Waals surface area (Å²) in [6.45, 7) is 4.44. The molecule has 1 aliphatic rings. The van der Waals surface area contributed by atoms with Crippen LogP contribution in [0.1, 0.15) is 5.56 Å². The predicted molar refractivity (Wildman–Crippen MR) is 140 cm³/mol. The van der Waals surface area contributed by atoms with Gasteiger partial charge in [-0.1, -0.05) is 42.5 Å². The SMILES string of the molecule is CN(c1ccccc1CCN1CCN(c2nsc3ccccc23)CC1)S(=O)(=O)c1ccccc1F. The Morgan fingerprint density at radius 3 is 2.43 bits per heavy atom. The molecule has 3 aromatic carbocycles. The summed E-state index contributed by atoms with van der Waals surface area (Å²) in [7, 11) is -2.52. The van der Waals surface area contributed by atoms with Crippen molar-refractivity contribution in [2.24, 2.45) is 0 Å². The number of nitrogens with zero attached hydrogens (tertiary/aromatic N) is 4. The van der Waals surface area contributed by atoms with Gasteiger partial charge < -0.3 is 4.90 Å². The van der Waals surface area contributed by atoms with Crippen LogP contribution in [0.15, 0.2) is 77.7 Å². The highest BCUT2D eigenvalue weighted by molar-refractivity contribution is 7.92. The Morgan fingerprint density at radius 1 is 0.943 bits per heavy atom. The van der Waals surface area contributed by atoms with Crippen LogP contribution in [-0.4, -0.2) is 57.5 Å². The molecule has 1 aromatic heterocycles. The van der Waals surface area contributed by atoms with Crippen molar-refractivity contribution in [3.63, 3.8) is 0 Å². The third kappa shape index (κ3) is 4.76. The van der Waals surface area contributed by atoms with Gasteiger partial charge in [0, 0.05) is 45.2 Å². The molecule has 0 amide bonds. The van der Waals surface area contributed by atoms with E-state index in [1.807, 2.05) is 24.3 Å². The summed E-state index contributed by atoms with van der Waals surface area (Å²) in [5.74, 6) is 0.318. The van der Waals surface area contributed by atoms with Crippen LogP contribution in [0.4, 0.5) is 15.9 Å². The maximum Gasteiger partial charge on any atom is 0.266 e. The van der Waals surface area contributed by atoms with Gasteiger partial charge in [0.25, 0.3) is 10.0 Å². The first kappa shape index (κ1) is 23.7. The minimum absolute atomic E-state index is 0.317. The molecule has 2 heterocycles. The lowest BCUT2D eigenvalue weighted by atomic mass is 10.1. The molecular formula is C26H27FN4O2S2. The zero-order valence-electron chi connectivity index (χ0n) is 19.5. The number of rotatable bonds is 7. The van der Waals surface area contributed by atoms with Gasteiger partial charge in [-0.05, 0) is 53.8 Å². The van der Waals surface area contributed by atoms with Crippen molar-refractivity contribution in [1.29, 1.82) is 0 Å². The molecule has 4 aromatic rings. The summed E-state index contributed by atoms with van der Waals surface area (Å²) in [5, 5.41) is 1.21. The van der Waals surface area contributed by atoms with Crippen molar-refractivity contribution in [2.75, 3.05) is 49.0 Å². The number of halogens is 1. The van der Waals surface area contributed by atoms with Gasteiger partial charge in [0.2, 0.25) is 0 Å². The smallest absolute Gasteiger partial charge is 0.266 e. The molecule has 0 radical (unpaired) electrons. The highest BCUT2D eigenvalue weighted by Crippen LogP contribution is 2.30. The summed E-state index contributed by atoms with van der Waals surface area (Å²) in [6, 6.07) is 21.3. The maximum atomic E-state index is 14.3. The van der Waals surface area contributed by atoms with E-state index < -0.39 is 15.8 Å². The average Bonchev–Trinajstić information content (AvgIpc) is 3.32. The molecular weight excluding hydrogens is 483 g/mol. The highest BCUT2D eigenvalue weighted by atomic mass is 32.2. The highest BCUT2D eigenvalue weighted by Gasteiger charge is 2.26. The van der Waals surface area contributed by atoms with Crippen LogP contribution in [-0.2, 0) is 16.4 Å². The van der Waals surface area contributed by atoms with E-state index in [4.69, 9.17) is 0 Å². The summed E-state index contributed by atoms with van der Waals surface area (Å²) < 4.78 is 47.6. The summed E-state index contributed by atoms with van der Waals surface area (Å²) in [4.78, 5) is 4.42. The van der Waals surface area contributed by atoms with Crippen molar-refractivity contribution in [3.05, 3.63) is 84.2 Å². The topological polar surface area (TPSA) is 56.8 Å². The van der Waals surface area contributed by atoms with Crippen molar-refractivity contribution in [1.82, 2.24) is 9.27 Å². The Hall–Kier alpha value is -3.01. The van der Waals surface area contributed by atoms with Gasteiger partial charge in [0.05, 0.1) is 10.4 Å². The first-order valence-electron chi connectivity index (χ1n) is 11.6. The molecule has 5 rings (SSSR count). The van der Waals surface area contributed by atoms with Crippen molar-refractivity contribution >= 4 is 43.1 Å². The van der Waals surface area contributed by atoms with E-state index in [2.05, 4.69) is 32.4 Å². The minimum Gasteiger partial charge on any atom is -0.353 e. The quantitative estimate of drug-likeness (QED) is 0.363. The molecule has 1 aliphatic heterocycles. The average molecular weight is 511 g/mol. The molecule has 0 atom stereocenters. The lowest BCUT2D eigenvalue weighted by molar-refractivity contribution is 0.261. The van der Waals surface area contributed by atoms with E-state index in [-0.39, 0.29) is 4.90 Å². The molecule has 0 spiro atoms. The number of hydrogen-bond donors (Lipinski definition) is 0. The normalized spacial score (nSPS) is 15.0. The van der Waals surface area contributed by atoms with Crippen LogP contribution in [0.2, 0.25) is 0 Å². The molecule has 1 saturated heterocycles. The fourth-order valence-corrected chi connectivity index (χ4v) is 6.62. The van der Waals surface area contributed by atoms with Gasteiger partial charge in [0.1, 0.15) is 16.5 Å². The second kappa shape index (κ2) is 9.93. The van der Waals surface area contributed by atoms with Crippen LogP contribution >= 0.6 is 11.5 Å². The Balaban J connectivity index is 1.25. The molecule has 9 heteroatoms. The van der Waals surface area contributed by atoms with E-state index in [0.717, 1.165) is 44.1 Å². The van der Waals surface area contributed by atoms with Crippen molar-refractivity contribution < 1.29 is 12.8 Å². The monoisotopic (exact) mass is 510 g/mol. The first-order chi connectivity index (χ1) is 16.9. The largest absolute Gasteiger partial charge is 0.353 e. The molecule has 6 nitrogen and oxygen atoms in total. The number of anilines is 2. The second-order valence-corrected chi connectivity index (χ2v) is 11.4. The predicted octanol–water partition coefficient (Wildman–Crippen LogP) is 4.63. The molecule has 0 N–H and O–H groups in total. The van der Waals surface area contributed by atoms with Crippen LogP contribution in [0.3, 0.4) is 0 Å². The van der Waals surface area contributed by atoms with Crippen LogP contribution < -0.4 is 9.21 Å². The van der Waals surface area contributed by atoms with Crippen LogP contribution in [0.5, 0.6) is 0 Å². The molecule has 0 saturated carbocycles. The Labute approximate surface area is 209 Å². The second-order valence-electron chi connectivity index (χ2n) is 8.61. The minimum atomic E-state index is -4.01. The van der Waals surface area contributed by atoms with Gasteiger partial charge in [-0.25, -0.2) is 12.8 Å². The lowest BCUT2D eigenvalue weighted by Gasteiger charge is -2.35. The van der Waals surface area contributed by atoms with Gasteiger partial charge in [-0.3, -0.25) is 9.21 Å². The van der Waals surface area contributed by atoms with E-state index in [0.29, 0.717) is 12.1 Å². The van der Waals surface area contributed by atoms with E-state index in [1.54, 1.807) is 6.07 Å². The zero-order chi connectivity index (χ0) is 24.4. The van der Waals surface area contributed by atoms with Gasteiger partial charge >= 0.3 is 0 Å². The Bertz CT molecular complexity index is 1430. The van der Waals surface area contributed by atoms with Gasteiger partial charge in [0.15, 0.2) is 0 Å². The first-order valence-corrected chi connectivity index (χ1v) is 13.8. The number of aromatic nitrogens is 1. The summed E-state index contributed by atoms with van der Waals surface area (Å²) >= 11 is 1.54. The number of fused-ring (bicyclic) bond motifs is 1. The van der Waals surface area contributed by atoms with E-state index in [1.165, 1.54) is 57.2 Å². The number of para-hydroxylation sites is 1. The zero-order valence-corrected chi connectivity index (χ0v) is 21.1. The number of sulfonamides is 1. The van der Waals surface area contributed by atoms with Crippen LogP contribution in [0.25, 0.3) is 10.1 Å². The maximum absolute atomic E-state index is 14.3. The number of hydrogen-bond acceptors (Lipinski definition) is 6. The molecule has 0 bridgehead atoms. The molecule has 35 heavy (non-hydrogen) atoms. The van der Waals surface area contributed by atoms with E-state index in [9.17, 15) is 12.8 Å². The number of benzene rings is 3. The van der Waals surface area contributed by atoms with Gasteiger partial charge in [-0.15, -0.1) is 0 Å². The fraction of sp³-hybridized carbons (Fsp3) is 0.269. The molecule has 0 aliphatic carbocycles. The lowest BCUT2D eigenvalue weighted by Crippen LogP contribution is -2.47. The summed E-state index contributed by atoms with van der Waals surface area (Å²) in [6.07, 6.45) is 0.701. The Morgan fingerprint density at radius 2 is 1.63 bits per heavy atom.